The number of carbonyl (C=O) groups is 3. The van der Waals surface area contributed by atoms with Gasteiger partial charge in [0.2, 0.25) is 17.7 Å². The Hall–Kier alpha value is -1.65. The van der Waals surface area contributed by atoms with Gasteiger partial charge in [0.15, 0.2) is 0 Å². The first-order valence-corrected chi connectivity index (χ1v) is 6.98. The van der Waals surface area contributed by atoms with Crippen LogP contribution in [0.3, 0.4) is 0 Å². The SMILES string of the molecule is O=C(CN1C(=O)C2C3C=CC(C3)C2C1=O)N1CCC1. The lowest BCUT2D eigenvalue weighted by Crippen LogP contribution is -2.48. The molecule has 19 heavy (non-hydrogen) atoms. The van der Waals surface area contributed by atoms with E-state index in [1.165, 1.54) is 4.90 Å². The molecule has 5 nitrogen and oxygen atoms in total. The Labute approximate surface area is 111 Å². The van der Waals surface area contributed by atoms with Crippen molar-refractivity contribution in [3.63, 3.8) is 0 Å². The first kappa shape index (κ1) is 11.2. The molecule has 5 heteroatoms. The van der Waals surface area contributed by atoms with Crippen LogP contribution in [0.1, 0.15) is 12.8 Å². The van der Waals surface area contributed by atoms with Crippen molar-refractivity contribution in [2.24, 2.45) is 23.7 Å². The van der Waals surface area contributed by atoms with Gasteiger partial charge in [-0.2, -0.15) is 0 Å². The number of fused-ring (bicyclic) bond motifs is 5. The Kier molecular flexibility index (Phi) is 2.17. The molecule has 2 aliphatic carbocycles. The summed E-state index contributed by atoms with van der Waals surface area (Å²) in [4.78, 5) is 39.6. The Bertz CT molecular complexity index is 479. The first-order chi connectivity index (χ1) is 9.16. The van der Waals surface area contributed by atoms with Crippen LogP contribution >= 0.6 is 0 Å². The molecule has 0 aromatic heterocycles. The second-order valence-electron chi connectivity index (χ2n) is 6.00. The molecule has 0 spiro atoms. The van der Waals surface area contributed by atoms with Crippen LogP contribution in [0.25, 0.3) is 0 Å². The molecule has 3 fully saturated rings. The molecule has 4 rings (SSSR count). The number of amides is 3. The molecule has 2 bridgehead atoms. The van der Waals surface area contributed by atoms with Gasteiger partial charge in [-0.3, -0.25) is 19.3 Å². The number of carbonyl (C=O) groups excluding carboxylic acids is 3. The highest BCUT2D eigenvalue weighted by molar-refractivity contribution is 6.08. The highest BCUT2D eigenvalue weighted by Gasteiger charge is 2.59. The Balaban J connectivity index is 1.53. The summed E-state index contributed by atoms with van der Waals surface area (Å²) >= 11 is 0. The zero-order valence-corrected chi connectivity index (χ0v) is 10.6. The predicted octanol–water partition coefficient (Wildman–Crippen LogP) is 0.0258. The van der Waals surface area contributed by atoms with Crippen LogP contribution in [0.2, 0.25) is 0 Å². The molecule has 0 aromatic carbocycles. The fraction of sp³-hybridized carbons (Fsp3) is 0.643. The minimum atomic E-state index is -0.188. The summed E-state index contributed by atoms with van der Waals surface area (Å²) in [6.45, 7) is 1.47. The second-order valence-corrected chi connectivity index (χ2v) is 6.00. The van der Waals surface area contributed by atoms with Crippen molar-refractivity contribution in [2.45, 2.75) is 12.8 Å². The van der Waals surface area contributed by atoms with E-state index in [1.807, 2.05) is 0 Å². The van der Waals surface area contributed by atoms with E-state index in [1.54, 1.807) is 4.90 Å². The van der Waals surface area contributed by atoms with Crippen molar-refractivity contribution in [1.82, 2.24) is 9.80 Å². The highest BCUT2D eigenvalue weighted by atomic mass is 16.2. The number of imide groups is 1. The standard InChI is InChI=1S/C14H16N2O3/c17-10(15-4-1-5-15)7-16-13(18)11-8-2-3-9(6-8)12(11)14(16)19/h2-3,8-9,11-12H,1,4-7H2. The average Bonchev–Trinajstić information content (AvgIpc) is 2.96. The molecule has 0 N–H and O–H groups in total. The van der Waals surface area contributed by atoms with Crippen molar-refractivity contribution in [1.29, 1.82) is 0 Å². The number of likely N-dealkylation sites (tertiary alicyclic amines) is 2. The Morgan fingerprint density at radius 2 is 1.68 bits per heavy atom. The van der Waals surface area contributed by atoms with E-state index in [0.717, 1.165) is 25.9 Å². The molecular weight excluding hydrogens is 244 g/mol. The van der Waals surface area contributed by atoms with E-state index >= 15 is 0 Å². The minimum absolute atomic E-state index is 0.0515. The third-order valence-electron chi connectivity index (χ3n) is 5.06. The van der Waals surface area contributed by atoms with Gasteiger partial charge in [-0.25, -0.2) is 0 Å². The Morgan fingerprint density at radius 1 is 1.11 bits per heavy atom. The number of hydrogen-bond donors (Lipinski definition) is 0. The second kappa shape index (κ2) is 3.68. The molecule has 4 unspecified atom stereocenters. The number of rotatable bonds is 2. The number of allylic oxidation sites excluding steroid dienone is 2. The summed E-state index contributed by atoms with van der Waals surface area (Å²) in [6.07, 6.45) is 6.09. The van der Waals surface area contributed by atoms with Gasteiger partial charge in [-0.15, -0.1) is 0 Å². The third-order valence-corrected chi connectivity index (χ3v) is 5.06. The van der Waals surface area contributed by atoms with Gasteiger partial charge in [0.1, 0.15) is 6.54 Å². The van der Waals surface area contributed by atoms with Crippen LogP contribution in [0.5, 0.6) is 0 Å². The van der Waals surface area contributed by atoms with Crippen LogP contribution in [-0.4, -0.2) is 47.2 Å². The van der Waals surface area contributed by atoms with Crippen LogP contribution in [-0.2, 0) is 14.4 Å². The van der Waals surface area contributed by atoms with Gasteiger partial charge in [0.05, 0.1) is 11.8 Å². The zero-order valence-electron chi connectivity index (χ0n) is 10.6. The molecule has 4 atom stereocenters. The summed E-state index contributed by atoms with van der Waals surface area (Å²) in [5.41, 5.74) is 0. The van der Waals surface area contributed by atoms with Crippen molar-refractivity contribution < 1.29 is 14.4 Å². The van der Waals surface area contributed by atoms with Crippen LogP contribution in [0.4, 0.5) is 0 Å². The predicted molar refractivity (Wildman–Crippen MR) is 65.6 cm³/mol. The monoisotopic (exact) mass is 260 g/mol. The zero-order chi connectivity index (χ0) is 13.1. The minimum Gasteiger partial charge on any atom is -0.341 e. The van der Waals surface area contributed by atoms with E-state index < -0.39 is 0 Å². The normalized spacial score (nSPS) is 38.9. The molecule has 2 heterocycles. The fourth-order valence-electron chi connectivity index (χ4n) is 3.92. The Morgan fingerprint density at radius 3 is 2.16 bits per heavy atom. The molecular formula is C14H16N2O3. The topological polar surface area (TPSA) is 57.7 Å². The maximum absolute atomic E-state index is 12.4. The molecule has 3 amide bonds. The quantitative estimate of drug-likeness (QED) is 0.520. The number of nitrogens with zero attached hydrogens (tertiary/aromatic N) is 2. The number of hydrogen-bond acceptors (Lipinski definition) is 3. The van der Waals surface area contributed by atoms with Crippen LogP contribution in [0.15, 0.2) is 12.2 Å². The lowest BCUT2D eigenvalue weighted by Gasteiger charge is -2.32. The lowest BCUT2D eigenvalue weighted by atomic mass is 9.85. The summed E-state index contributed by atoms with van der Waals surface area (Å²) in [5, 5.41) is 0. The summed E-state index contributed by atoms with van der Waals surface area (Å²) < 4.78 is 0. The average molecular weight is 260 g/mol. The van der Waals surface area contributed by atoms with Crippen LogP contribution in [0, 0.1) is 23.7 Å². The smallest absolute Gasteiger partial charge is 0.242 e. The third kappa shape index (κ3) is 1.38. The maximum atomic E-state index is 12.4. The molecule has 2 aliphatic heterocycles. The van der Waals surface area contributed by atoms with E-state index in [0.29, 0.717) is 0 Å². The first-order valence-electron chi connectivity index (χ1n) is 6.98. The molecule has 0 radical (unpaired) electrons. The molecule has 0 aromatic rings. The highest BCUT2D eigenvalue weighted by Crippen LogP contribution is 2.52. The fourth-order valence-corrected chi connectivity index (χ4v) is 3.92. The van der Waals surface area contributed by atoms with Crippen molar-refractivity contribution in [2.75, 3.05) is 19.6 Å². The van der Waals surface area contributed by atoms with Gasteiger partial charge in [0, 0.05) is 13.1 Å². The van der Waals surface area contributed by atoms with Gasteiger partial charge in [-0.05, 0) is 24.7 Å². The molecule has 1 saturated carbocycles. The van der Waals surface area contributed by atoms with Crippen molar-refractivity contribution in [3.8, 4) is 0 Å². The summed E-state index contributed by atoms with van der Waals surface area (Å²) in [6, 6.07) is 0. The lowest BCUT2D eigenvalue weighted by molar-refractivity contribution is -0.148. The van der Waals surface area contributed by atoms with E-state index in [4.69, 9.17) is 0 Å². The molecule has 2 saturated heterocycles. The largest absolute Gasteiger partial charge is 0.341 e. The van der Waals surface area contributed by atoms with E-state index in [-0.39, 0.29) is 47.9 Å². The van der Waals surface area contributed by atoms with Gasteiger partial charge < -0.3 is 4.90 Å². The maximum Gasteiger partial charge on any atom is 0.242 e. The summed E-state index contributed by atoms with van der Waals surface area (Å²) in [7, 11) is 0. The molecule has 4 aliphatic rings. The van der Waals surface area contributed by atoms with Crippen molar-refractivity contribution >= 4 is 17.7 Å². The molecule has 100 valence electrons. The van der Waals surface area contributed by atoms with Gasteiger partial charge >= 0.3 is 0 Å². The van der Waals surface area contributed by atoms with Gasteiger partial charge in [-0.1, -0.05) is 12.2 Å². The van der Waals surface area contributed by atoms with Gasteiger partial charge in [0.25, 0.3) is 0 Å². The summed E-state index contributed by atoms with van der Waals surface area (Å²) in [5.74, 6) is -0.279. The van der Waals surface area contributed by atoms with E-state index in [9.17, 15) is 14.4 Å². The van der Waals surface area contributed by atoms with Crippen molar-refractivity contribution in [3.05, 3.63) is 12.2 Å². The van der Waals surface area contributed by atoms with E-state index in [2.05, 4.69) is 12.2 Å². The van der Waals surface area contributed by atoms with Crippen LogP contribution < -0.4 is 0 Å².